The first-order valence-corrected chi connectivity index (χ1v) is 7.68. The minimum absolute atomic E-state index is 0.180. The average molecular weight is 295 g/mol. The number of aliphatic carboxylic acids is 1. The summed E-state index contributed by atoms with van der Waals surface area (Å²) in [6, 6.07) is -0.372. The van der Waals surface area contributed by atoms with E-state index in [1.54, 1.807) is 0 Å². The molecule has 1 aromatic heterocycles. The number of carboxylic acid groups (broad SMARTS) is 1. The molecule has 108 valence electrons. The number of nitrogens with zero attached hydrogens (tertiary/aromatic N) is 1. The smallest absolute Gasteiger partial charge is 0.321 e. The Balaban J connectivity index is 1.54. The number of urea groups is 1. The van der Waals surface area contributed by atoms with Gasteiger partial charge in [-0.1, -0.05) is 0 Å². The average Bonchev–Trinajstić information content (AvgIpc) is 3.11. The highest BCUT2D eigenvalue weighted by Crippen LogP contribution is 2.45. The molecule has 0 bridgehead atoms. The normalized spacial score (nSPS) is 19.0. The van der Waals surface area contributed by atoms with Crippen LogP contribution in [0.5, 0.6) is 0 Å². The summed E-state index contributed by atoms with van der Waals surface area (Å²) in [7, 11) is 0. The zero-order chi connectivity index (χ0) is 14.2. The van der Waals surface area contributed by atoms with Crippen molar-refractivity contribution in [1.82, 2.24) is 10.3 Å². The molecule has 0 radical (unpaired) electrons. The largest absolute Gasteiger partial charge is 0.481 e. The molecule has 0 atom stereocenters. The first-order chi connectivity index (χ1) is 9.59. The number of aryl methyl sites for hydroxylation is 2. The first kappa shape index (κ1) is 13.4. The molecule has 0 aromatic carbocycles. The van der Waals surface area contributed by atoms with Crippen molar-refractivity contribution in [3.05, 3.63) is 10.6 Å². The van der Waals surface area contributed by atoms with Crippen molar-refractivity contribution in [2.24, 2.45) is 5.41 Å². The van der Waals surface area contributed by atoms with Crippen molar-refractivity contribution in [2.45, 2.75) is 38.5 Å². The van der Waals surface area contributed by atoms with Crippen molar-refractivity contribution < 1.29 is 14.7 Å². The third kappa shape index (κ3) is 2.63. The lowest BCUT2D eigenvalue weighted by Crippen LogP contribution is -2.36. The third-order valence-corrected chi connectivity index (χ3v) is 5.03. The van der Waals surface area contributed by atoms with E-state index in [9.17, 15) is 9.59 Å². The maximum Gasteiger partial charge on any atom is 0.321 e. The Bertz CT molecular complexity index is 528. The predicted octanol–water partition coefficient (Wildman–Crippen LogP) is 2.01. The van der Waals surface area contributed by atoms with Gasteiger partial charge in [-0.15, -0.1) is 11.3 Å². The Hall–Kier alpha value is -1.63. The highest BCUT2D eigenvalue weighted by atomic mass is 32.1. The number of carbonyl (C=O) groups excluding carboxylic acids is 1. The topological polar surface area (TPSA) is 91.3 Å². The molecule has 3 N–H and O–H groups in total. The van der Waals surface area contributed by atoms with Crippen LogP contribution in [0.25, 0.3) is 0 Å². The highest BCUT2D eigenvalue weighted by molar-refractivity contribution is 7.15. The molecule has 1 heterocycles. The Labute approximate surface area is 120 Å². The number of carbonyl (C=O) groups is 2. The van der Waals surface area contributed by atoms with E-state index in [0.717, 1.165) is 25.0 Å². The van der Waals surface area contributed by atoms with Crippen molar-refractivity contribution in [3.8, 4) is 0 Å². The summed E-state index contributed by atoms with van der Waals surface area (Å²) in [5.74, 6) is -0.831. The number of thiazole rings is 1. The van der Waals surface area contributed by atoms with Crippen LogP contribution in [0.3, 0.4) is 0 Å². The molecule has 3 rings (SSSR count). The standard InChI is InChI=1S/C13H17N3O3S/c17-10(18)13(5-6-13)7-14-11(19)16-12-15-8-3-1-2-4-9(8)20-12/h1-7H2,(H,17,18)(H2,14,15,16,19). The van der Waals surface area contributed by atoms with Gasteiger partial charge in [-0.2, -0.15) is 0 Å². The van der Waals surface area contributed by atoms with E-state index in [4.69, 9.17) is 5.11 Å². The number of anilines is 1. The lowest BCUT2D eigenvalue weighted by atomic mass is 10.0. The number of hydrogen-bond donors (Lipinski definition) is 3. The number of carboxylic acids is 1. The Morgan fingerprint density at radius 1 is 1.30 bits per heavy atom. The van der Waals surface area contributed by atoms with Crippen molar-refractivity contribution in [1.29, 1.82) is 0 Å². The molecule has 0 saturated heterocycles. The van der Waals surface area contributed by atoms with E-state index in [1.165, 1.54) is 22.6 Å². The lowest BCUT2D eigenvalue weighted by molar-refractivity contribution is -0.143. The molecule has 0 aliphatic heterocycles. The lowest BCUT2D eigenvalue weighted by Gasteiger charge is -2.10. The van der Waals surface area contributed by atoms with Gasteiger partial charge in [-0.3, -0.25) is 10.1 Å². The molecular weight excluding hydrogens is 278 g/mol. The second-order valence-electron chi connectivity index (χ2n) is 5.49. The predicted molar refractivity (Wildman–Crippen MR) is 75.1 cm³/mol. The van der Waals surface area contributed by atoms with Crippen LogP contribution in [0.4, 0.5) is 9.93 Å². The summed E-state index contributed by atoms with van der Waals surface area (Å²) >= 11 is 1.52. The Morgan fingerprint density at radius 2 is 2.05 bits per heavy atom. The quantitative estimate of drug-likeness (QED) is 0.792. The summed E-state index contributed by atoms with van der Waals surface area (Å²) in [5, 5.41) is 15.0. The van der Waals surface area contributed by atoms with Crippen molar-refractivity contribution >= 4 is 28.5 Å². The van der Waals surface area contributed by atoms with E-state index < -0.39 is 11.4 Å². The minimum Gasteiger partial charge on any atom is -0.481 e. The molecule has 1 saturated carbocycles. The molecule has 2 aliphatic rings. The molecule has 6 nitrogen and oxygen atoms in total. The van der Waals surface area contributed by atoms with Crippen molar-refractivity contribution in [3.63, 3.8) is 0 Å². The van der Waals surface area contributed by atoms with Crippen LogP contribution in [-0.4, -0.2) is 28.6 Å². The Morgan fingerprint density at radius 3 is 2.70 bits per heavy atom. The maximum absolute atomic E-state index is 11.8. The molecular formula is C13H17N3O3S. The third-order valence-electron chi connectivity index (χ3n) is 3.96. The molecule has 0 spiro atoms. The fourth-order valence-corrected chi connectivity index (χ4v) is 3.46. The fourth-order valence-electron chi connectivity index (χ4n) is 2.41. The summed E-state index contributed by atoms with van der Waals surface area (Å²) in [6.07, 6.45) is 5.63. The van der Waals surface area contributed by atoms with Gasteiger partial charge < -0.3 is 10.4 Å². The summed E-state index contributed by atoms with van der Waals surface area (Å²) in [6.45, 7) is 0.180. The number of aromatic nitrogens is 1. The van der Waals surface area contributed by atoms with Gasteiger partial charge in [0.15, 0.2) is 5.13 Å². The zero-order valence-corrected chi connectivity index (χ0v) is 11.9. The van der Waals surface area contributed by atoms with Crippen LogP contribution in [0.1, 0.15) is 36.3 Å². The van der Waals surface area contributed by atoms with Crippen LogP contribution < -0.4 is 10.6 Å². The van der Waals surface area contributed by atoms with E-state index >= 15 is 0 Å². The molecule has 7 heteroatoms. The number of fused-ring (bicyclic) bond motifs is 1. The summed E-state index contributed by atoms with van der Waals surface area (Å²) in [5.41, 5.74) is 0.361. The van der Waals surface area contributed by atoms with Crippen LogP contribution in [0.15, 0.2) is 0 Å². The van der Waals surface area contributed by atoms with Crippen LogP contribution >= 0.6 is 11.3 Å². The van der Waals surface area contributed by atoms with E-state index in [-0.39, 0.29) is 12.6 Å². The summed E-state index contributed by atoms with van der Waals surface area (Å²) in [4.78, 5) is 28.5. The SMILES string of the molecule is O=C(NCC1(C(=O)O)CC1)Nc1nc2c(s1)CCCC2. The van der Waals surface area contributed by atoms with E-state index in [2.05, 4.69) is 15.6 Å². The van der Waals surface area contributed by atoms with Gasteiger partial charge in [-0.05, 0) is 38.5 Å². The highest BCUT2D eigenvalue weighted by Gasteiger charge is 2.50. The maximum atomic E-state index is 11.8. The van der Waals surface area contributed by atoms with Gasteiger partial charge in [0.2, 0.25) is 0 Å². The zero-order valence-electron chi connectivity index (χ0n) is 11.1. The molecule has 0 unspecified atom stereocenters. The van der Waals surface area contributed by atoms with Gasteiger partial charge in [0.05, 0.1) is 11.1 Å². The number of amides is 2. The van der Waals surface area contributed by atoms with Gasteiger partial charge in [0.1, 0.15) is 0 Å². The van der Waals surface area contributed by atoms with Gasteiger partial charge in [0.25, 0.3) is 0 Å². The van der Waals surface area contributed by atoms with Crippen LogP contribution in [0.2, 0.25) is 0 Å². The number of hydrogen-bond acceptors (Lipinski definition) is 4. The van der Waals surface area contributed by atoms with Gasteiger partial charge in [0, 0.05) is 11.4 Å². The minimum atomic E-state index is -0.831. The van der Waals surface area contributed by atoms with E-state index in [1.807, 2.05) is 0 Å². The molecule has 1 fully saturated rings. The molecule has 2 aliphatic carbocycles. The number of rotatable bonds is 4. The summed E-state index contributed by atoms with van der Waals surface area (Å²) < 4.78 is 0. The molecule has 20 heavy (non-hydrogen) atoms. The first-order valence-electron chi connectivity index (χ1n) is 6.86. The van der Waals surface area contributed by atoms with Gasteiger partial charge >= 0.3 is 12.0 Å². The van der Waals surface area contributed by atoms with Gasteiger partial charge in [-0.25, -0.2) is 9.78 Å². The second kappa shape index (κ2) is 5.05. The monoisotopic (exact) mass is 295 g/mol. The van der Waals surface area contributed by atoms with Crippen LogP contribution in [0, 0.1) is 5.41 Å². The van der Waals surface area contributed by atoms with Crippen molar-refractivity contribution in [2.75, 3.05) is 11.9 Å². The molecule has 2 amide bonds. The van der Waals surface area contributed by atoms with E-state index in [0.29, 0.717) is 18.0 Å². The fraction of sp³-hybridized carbons (Fsp3) is 0.615. The second-order valence-corrected chi connectivity index (χ2v) is 6.57. The number of nitrogens with one attached hydrogen (secondary N) is 2. The molecule has 1 aromatic rings. The Kier molecular flexibility index (Phi) is 3.37. The van der Waals surface area contributed by atoms with Crippen LogP contribution in [-0.2, 0) is 17.6 Å².